The van der Waals surface area contributed by atoms with Gasteiger partial charge in [-0.1, -0.05) is 32.5 Å². The summed E-state index contributed by atoms with van der Waals surface area (Å²) in [7, 11) is 0. The average molecular weight is 284 g/mol. The number of ketones is 1. The number of likely N-dealkylation sites (N-methyl/N-ethyl adjacent to an activating group) is 1. The third kappa shape index (κ3) is 4.38. The molecule has 0 aromatic heterocycles. The Morgan fingerprint density at radius 1 is 1.42 bits per heavy atom. The second kappa shape index (κ2) is 6.23. The highest BCUT2D eigenvalue weighted by molar-refractivity contribution is 8.04. The van der Waals surface area contributed by atoms with E-state index in [1.54, 1.807) is 0 Å². The average Bonchev–Trinajstić information content (AvgIpc) is 2.60. The molecule has 0 aromatic rings. The van der Waals surface area contributed by atoms with Crippen molar-refractivity contribution in [2.24, 2.45) is 5.41 Å². The van der Waals surface area contributed by atoms with E-state index in [0.717, 1.165) is 0 Å². The summed E-state index contributed by atoms with van der Waals surface area (Å²) in [6.45, 7) is 7.78. The molecule has 106 valence electrons. The van der Waals surface area contributed by atoms with Crippen molar-refractivity contribution in [3.05, 3.63) is 11.1 Å². The minimum atomic E-state index is -0.490. The van der Waals surface area contributed by atoms with Gasteiger partial charge in [-0.15, -0.1) is 0 Å². The molecule has 2 amide bonds. The Hall–Kier alpha value is -1.30. The summed E-state index contributed by atoms with van der Waals surface area (Å²) in [5, 5.41) is 3.21. The summed E-state index contributed by atoms with van der Waals surface area (Å²) in [5.41, 5.74) is -0.490. The third-order valence-electron chi connectivity index (χ3n) is 2.58. The number of nitrogens with one attached hydrogen (secondary N) is 1. The van der Waals surface area contributed by atoms with Crippen LogP contribution in [0.1, 0.15) is 27.7 Å². The highest BCUT2D eigenvalue weighted by Crippen LogP contribution is 2.30. The first kappa shape index (κ1) is 15.8. The summed E-state index contributed by atoms with van der Waals surface area (Å²) in [6, 6.07) is 0. The minimum Gasteiger partial charge on any atom is -0.355 e. The Morgan fingerprint density at radius 3 is 2.58 bits per heavy atom. The second-order valence-electron chi connectivity index (χ2n) is 5.32. The number of nitrogens with zero attached hydrogens (tertiary/aromatic N) is 1. The van der Waals surface area contributed by atoms with Crippen LogP contribution in [0.25, 0.3) is 0 Å². The first-order valence-corrected chi connectivity index (χ1v) is 7.20. The van der Waals surface area contributed by atoms with Gasteiger partial charge in [0.1, 0.15) is 6.54 Å². The van der Waals surface area contributed by atoms with Crippen LogP contribution in [0.15, 0.2) is 11.1 Å². The van der Waals surface area contributed by atoms with E-state index in [0.29, 0.717) is 11.6 Å². The van der Waals surface area contributed by atoms with Crippen LogP contribution in [0, 0.1) is 5.41 Å². The van der Waals surface area contributed by atoms with Gasteiger partial charge in [0.15, 0.2) is 5.78 Å². The fourth-order valence-corrected chi connectivity index (χ4v) is 2.37. The molecule has 1 heterocycles. The zero-order chi connectivity index (χ0) is 14.6. The molecule has 1 aliphatic heterocycles. The molecule has 1 fully saturated rings. The highest BCUT2D eigenvalue weighted by Gasteiger charge is 2.30. The van der Waals surface area contributed by atoms with Crippen molar-refractivity contribution in [2.45, 2.75) is 27.7 Å². The predicted molar refractivity (Wildman–Crippen MR) is 75.4 cm³/mol. The first-order valence-electron chi connectivity index (χ1n) is 6.21. The van der Waals surface area contributed by atoms with E-state index in [4.69, 9.17) is 0 Å². The molecule has 19 heavy (non-hydrogen) atoms. The maximum atomic E-state index is 12.0. The smallest absolute Gasteiger partial charge is 0.240 e. The van der Waals surface area contributed by atoms with Crippen molar-refractivity contribution in [2.75, 3.05) is 18.8 Å². The molecule has 0 aliphatic carbocycles. The monoisotopic (exact) mass is 284 g/mol. The van der Waals surface area contributed by atoms with Gasteiger partial charge in [0.05, 0.1) is 10.8 Å². The number of rotatable bonds is 4. The zero-order valence-corrected chi connectivity index (χ0v) is 12.6. The number of hydrogen-bond acceptors (Lipinski definition) is 4. The molecular weight excluding hydrogens is 264 g/mol. The van der Waals surface area contributed by atoms with Gasteiger partial charge in [0, 0.05) is 18.0 Å². The number of amides is 2. The van der Waals surface area contributed by atoms with Crippen LogP contribution < -0.4 is 5.32 Å². The Labute approximate surface area is 117 Å². The van der Waals surface area contributed by atoms with Crippen molar-refractivity contribution >= 4 is 29.4 Å². The molecule has 1 aliphatic rings. The van der Waals surface area contributed by atoms with Crippen LogP contribution in [-0.2, 0) is 14.4 Å². The highest BCUT2D eigenvalue weighted by atomic mass is 32.2. The molecule has 1 N–H and O–H groups in total. The Morgan fingerprint density at radius 2 is 2.05 bits per heavy atom. The molecule has 0 aromatic carbocycles. The van der Waals surface area contributed by atoms with Gasteiger partial charge in [-0.2, -0.15) is 0 Å². The van der Waals surface area contributed by atoms with Crippen molar-refractivity contribution in [3.8, 4) is 0 Å². The van der Waals surface area contributed by atoms with Crippen molar-refractivity contribution in [3.63, 3.8) is 0 Å². The van der Waals surface area contributed by atoms with Crippen LogP contribution in [0.5, 0.6) is 0 Å². The van der Waals surface area contributed by atoms with E-state index in [1.807, 2.05) is 27.7 Å². The Bertz CT molecular complexity index is 424. The van der Waals surface area contributed by atoms with Crippen molar-refractivity contribution in [1.82, 2.24) is 10.2 Å². The van der Waals surface area contributed by atoms with Crippen LogP contribution in [0.2, 0.25) is 0 Å². The zero-order valence-electron chi connectivity index (χ0n) is 11.8. The summed E-state index contributed by atoms with van der Waals surface area (Å²) in [6.07, 6.45) is 1.47. The molecule has 0 radical (unpaired) electrons. The molecule has 0 unspecified atom stereocenters. The van der Waals surface area contributed by atoms with Crippen LogP contribution in [0.4, 0.5) is 0 Å². The maximum absolute atomic E-state index is 12.0. The summed E-state index contributed by atoms with van der Waals surface area (Å²) >= 11 is 1.30. The Kier molecular flexibility index (Phi) is 5.17. The SMILES string of the molecule is CCNC(=O)CN1C(=O)CSC1=CC(=O)C(C)(C)C. The molecule has 6 heteroatoms. The first-order chi connectivity index (χ1) is 8.75. The van der Waals surface area contributed by atoms with E-state index in [-0.39, 0.29) is 29.9 Å². The normalized spacial score (nSPS) is 18.0. The van der Waals surface area contributed by atoms with Gasteiger partial charge in [0.25, 0.3) is 0 Å². The fourth-order valence-electron chi connectivity index (χ4n) is 1.43. The van der Waals surface area contributed by atoms with Crippen LogP contribution >= 0.6 is 11.8 Å². The quantitative estimate of drug-likeness (QED) is 0.787. The minimum absolute atomic E-state index is 0.0249. The summed E-state index contributed by atoms with van der Waals surface area (Å²) < 4.78 is 0. The molecule has 5 nitrogen and oxygen atoms in total. The lowest BCUT2D eigenvalue weighted by molar-refractivity contribution is -0.131. The van der Waals surface area contributed by atoms with Crippen molar-refractivity contribution in [1.29, 1.82) is 0 Å². The van der Waals surface area contributed by atoms with E-state index in [2.05, 4.69) is 5.32 Å². The maximum Gasteiger partial charge on any atom is 0.240 e. The standard InChI is InChI=1S/C13H20N2O3S/c1-5-14-10(17)7-15-11(18)8-19-12(15)6-9(16)13(2,3)4/h6H,5,7-8H2,1-4H3,(H,14,17). The van der Waals surface area contributed by atoms with E-state index in [1.165, 1.54) is 22.7 Å². The van der Waals surface area contributed by atoms with Gasteiger partial charge >= 0.3 is 0 Å². The molecule has 0 atom stereocenters. The summed E-state index contributed by atoms with van der Waals surface area (Å²) in [5.74, 6) is -0.120. The lowest BCUT2D eigenvalue weighted by Crippen LogP contribution is -2.37. The molecule has 0 bridgehead atoms. The van der Waals surface area contributed by atoms with Crippen LogP contribution in [-0.4, -0.2) is 41.3 Å². The second-order valence-corrected chi connectivity index (χ2v) is 6.31. The predicted octanol–water partition coefficient (Wildman–Crippen LogP) is 1.15. The summed E-state index contributed by atoms with van der Waals surface area (Å²) in [4.78, 5) is 36.6. The van der Waals surface area contributed by atoms with Gasteiger partial charge in [0.2, 0.25) is 11.8 Å². The molecule has 1 rings (SSSR count). The lowest BCUT2D eigenvalue weighted by atomic mass is 9.91. The van der Waals surface area contributed by atoms with Gasteiger partial charge in [-0.3, -0.25) is 19.3 Å². The fraction of sp³-hybridized carbons (Fsp3) is 0.615. The molecule has 1 saturated heterocycles. The number of thioether (sulfide) groups is 1. The van der Waals surface area contributed by atoms with Gasteiger partial charge < -0.3 is 5.32 Å². The van der Waals surface area contributed by atoms with E-state index < -0.39 is 5.41 Å². The van der Waals surface area contributed by atoms with Gasteiger partial charge in [-0.05, 0) is 6.92 Å². The van der Waals surface area contributed by atoms with Gasteiger partial charge in [-0.25, -0.2) is 0 Å². The Balaban J connectivity index is 2.83. The molecule has 0 saturated carbocycles. The number of allylic oxidation sites excluding steroid dienone is 1. The van der Waals surface area contributed by atoms with E-state index in [9.17, 15) is 14.4 Å². The largest absolute Gasteiger partial charge is 0.355 e. The molecule has 0 spiro atoms. The number of carbonyl (C=O) groups excluding carboxylic acids is 3. The number of carbonyl (C=O) groups is 3. The van der Waals surface area contributed by atoms with Crippen molar-refractivity contribution < 1.29 is 14.4 Å². The topological polar surface area (TPSA) is 66.5 Å². The van der Waals surface area contributed by atoms with E-state index >= 15 is 0 Å². The van der Waals surface area contributed by atoms with Crippen LogP contribution in [0.3, 0.4) is 0 Å². The molecular formula is C13H20N2O3S. The lowest BCUT2D eigenvalue weighted by Gasteiger charge is -2.18. The number of hydrogen-bond donors (Lipinski definition) is 1. The third-order valence-corrected chi connectivity index (χ3v) is 3.61.